The fourth-order valence-electron chi connectivity index (χ4n) is 0.575. The fourth-order valence-corrected chi connectivity index (χ4v) is 0.575. The molecule has 1 heterocycles. The molecule has 0 unspecified atom stereocenters. The first-order chi connectivity index (χ1) is 4.84. The lowest BCUT2D eigenvalue weighted by molar-refractivity contribution is -0.107. The zero-order chi connectivity index (χ0) is 7.40. The van der Waals surface area contributed by atoms with Crippen molar-refractivity contribution in [1.82, 2.24) is 4.98 Å². The fraction of sp³-hybridized carbons (Fsp3) is 0.143. The molecule has 10 heavy (non-hydrogen) atoms. The molecule has 0 spiro atoms. The van der Waals surface area contributed by atoms with Gasteiger partial charge in [0.05, 0.1) is 0 Å². The van der Waals surface area contributed by atoms with Gasteiger partial charge in [-0.15, -0.1) is 0 Å². The molecule has 1 amide bonds. The van der Waals surface area contributed by atoms with E-state index in [0.717, 1.165) is 0 Å². The molecule has 1 aromatic heterocycles. The van der Waals surface area contributed by atoms with Gasteiger partial charge in [0.1, 0.15) is 5.82 Å². The summed E-state index contributed by atoms with van der Waals surface area (Å²) in [6, 6.07) is 6.19. The van der Waals surface area contributed by atoms with E-state index < -0.39 is 0 Å². The highest BCUT2D eigenvalue weighted by Crippen LogP contribution is 2.02. The first kappa shape index (κ1) is 6.74. The maximum absolute atomic E-state index is 10.2. The molecule has 51 valence electrons. The van der Waals surface area contributed by atoms with E-state index in [4.69, 9.17) is 0 Å². The molecule has 3 heteroatoms. The first-order valence-corrected chi connectivity index (χ1v) is 2.85. The molecule has 0 fully saturated rings. The van der Waals surface area contributed by atoms with Gasteiger partial charge in [-0.1, -0.05) is 0 Å². The number of pyridine rings is 1. The molecule has 1 radical (unpaired) electrons. The summed E-state index contributed by atoms with van der Waals surface area (Å²) in [5.74, 6) is 0.633. The van der Waals surface area contributed by atoms with Crippen LogP contribution in [-0.2, 0) is 4.79 Å². The van der Waals surface area contributed by atoms with Crippen LogP contribution in [0.5, 0.6) is 0 Å². The molecular weight excluding hydrogens is 128 g/mol. The molecule has 1 rings (SSSR count). The van der Waals surface area contributed by atoms with Crippen LogP contribution in [0.4, 0.5) is 5.82 Å². The lowest BCUT2D eigenvalue weighted by Gasteiger charge is -2.06. The van der Waals surface area contributed by atoms with E-state index in [1.165, 1.54) is 11.1 Å². The van der Waals surface area contributed by atoms with Crippen molar-refractivity contribution in [2.75, 3.05) is 11.9 Å². The third kappa shape index (κ3) is 1.31. The summed E-state index contributed by atoms with van der Waals surface area (Å²) in [4.78, 5) is 15.5. The Morgan fingerprint density at radius 2 is 2.60 bits per heavy atom. The van der Waals surface area contributed by atoms with Crippen molar-refractivity contribution in [1.29, 1.82) is 0 Å². The molecule has 0 aliphatic carbocycles. The van der Waals surface area contributed by atoms with Crippen molar-refractivity contribution in [3.05, 3.63) is 24.4 Å². The summed E-state index contributed by atoms with van der Waals surface area (Å²) in [6.45, 7) is 0. The minimum atomic E-state index is 0.633. The van der Waals surface area contributed by atoms with E-state index in [1.807, 2.05) is 0 Å². The van der Waals surface area contributed by atoms with Crippen molar-refractivity contribution >= 4 is 12.2 Å². The summed E-state index contributed by atoms with van der Waals surface area (Å²) in [5.41, 5.74) is 0. The lowest BCUT2D eigenvalue weighted by atomic mass is 10.4. The van der Waals surface area contributed by atoms with Gasteiger partial charge in [-0.25, -0.2) is 4.98 Å². The Morgan fingerprint density at radius 1 is 1.80 bits per heavy atom. The highest BCUT2D eigenvalue weighted by Gasteiger charge is 1.95. The summed E-state index contributed by atoms with van der Waals surface area (Å²) < 4.78 is 0. The maximum Gasteiger partial charge on any atom is 0.215 e. The maximum atomic E-state index is 10.2. The molecule has 0 N–H and O–H groups in total. The molecule has 0 bridgehead atoms. The van der Waals surface area contributed by atoms with Crippen molar-refractivity contribution in [2.45, 2.75) is 0 Å². The summed E-state index contributed by atoms with van der Waals surface area (Å²) in [7, 11) is 1.65. The quantitative estimate of drug-likeness (QED) is 0.552. The summed E-state index contributed by atoms with van der Waals surface area (Å²) in [5, 5.41) is 0. The molecule has 0 aliphatic rings. The van der Waals surface area contributed by atoms with Gasteiger partial charge < -0.3 is 4.90 Å². The number of amides is 1. The van der Waals surface area contributed by atoms with Gasteiger partial charge in [-0.3, -0.25) is 4.79 Å². The van der Waals surface area contributed by atoms with Crippen LogP contribution >= 0.6 is 0 Å². The van der Waals surface area contributed by atoms with Gasteiger partial charge in [-0.2, -0.15) is 0 Å². The zero-order valence-electron chi connectivity index (χ0n) is 5.61. The number of carbonyl (C=O) groups excluding carboxylic acids is 1. The van der Waals surface area contributed by atoms with Gasteiger partial charge >= 0.3 is 0 Å². The second-order valence-corrected chi connectivity index (χ2v) is 1.83. The van der Waals surface area contributed by atoms with E-state index >= 15 is 0 Å². The van der Waals surface area contributed by atoms with Crippen molar-refractivity contribution in [2.24, 2.45) is 0 Å². The zero-order valence-corrected chi connectivity index (χ0v) is 5.61. The Hall–Kier alpha value is -1.38. The van der Waals surface area contributed by atoms with Crippen LogP contribution in [0.25, 0.3) is 0 Å². The van der Waals surface area contributed by atoms with Crippen molar-refractivity contribution in [3.8, 4) is 0 Å². The van der Waals surface area contributed by atoms with Crippen LogP contribution < -0.4 is 4.90 Å². The van der Waals surface area contributed by atoms with Gasteiger partial charge in [0, 0.05) is 19.3 Å². The van der Waals surface area contributed by atoms with Gasteiger partial charge in [0.2, 0.25) is 6.41 Å². The Labute approximate surface area is 59.3 Å². The molecule has 0 aliphatic heterocycles. The van der Waals surface area contributed by atoms with Gasteiger partial charge in [0.15, 0.2) is 0 Å². The van der Waals surface area contributed by atoms with Crippen molar-refractivity contribution in [3.63, 3.8) is 0 Å². The largest absolute Gasteiger partial charge is 0.303 e. The Bertz CT molecular complexity index is 210. The molecule has 0 saturated carbocycles. The number of carbonyl (C=O) groups is 1. The van der Waals surface area contributed by atoms with E-state index in [2.05, 4.69) is 11.1 Å². The molecule has 3 nitrogen and oxygen atoms in total. The van der Waals surface area contributed by atoms with Crippen LogP contribution in [0.1, 0.15) is 0 Å². The van der Waals surface area contributed by atoms with Crippen LogP contribution in [0.15, 0.2) is 18.3 Å². The SMILES string of the molecule is CN(C=O)c1cc[c]cn1. The highest BCUT2D eigenvalue weighted by molar-refractivity contribution is 5.71. The molecule has 0 saturated heterocycles. The van der Waals surface area contributed by atoms with Crippen molar-refractivity contribution < 1.29 is 4.79 Å². The lowest BCUT2D eigenvalue weighted by Crippen LogP contribution is -2.14. The van der Waals surface area contributed by atoms with E-state index in [9.17, 15) is 4.79 Å². The normalized spacial score (nSPS) is 8.90. The Kier molecular flexibility index (Phi) is 1.99. The van der Waals surface area contributed by atoms with E-state index in [0.29, 0.717) is 12.2 Å². The average Bonchev–Trinajstić information content (AvgIpc) is 2.05. The van der Waals surface area contributed by atoms with Crippen LogP contribution in [0.2, 0.25) is 0 Å². The average molecular weight is 135 g/mol. The number of aromatic nitrogens is 1. The number of nitrogens with zero attached hydrogens (tertiary/aromatic N) is 2. The Morgan fingerprint density at radius 3 is 3.10 bits per heavy atom. The third-order valence-electron chi connectivity index (χ3n) is 1.12. The number of hydrogen-bond acceptors (Lipinski definition) is 2. The van der Waals surface area contributed by atoms with Gasteiger partial charge in [-0.05, 0) is 12.1 Å². The van der Waals surface area contributed by atoms with E-state index in [-0.39, 0.29) is 0 Å². The predicted octanol–water partition coefficient (Wildman–Crippen LogP) is 0.474. The minimum absolute atomic E-state index is 0.633. The summed E-state index contributed by atoms with van der Waals surface area (Å²) in [6.07, 6.45) is 2.23. The minimum Gasteiger partial charge on any atom is -0.303 e. The standard InChI is InChI=1S/C7H7N2O/c1-9(6-10)7-4-2-3-5-8-7/h2,4-6H,1H3. The molecule has 0 aromatic carbocycles. The third-order valence-corrected chi connectivity index (χ3v) is 1.12. The predicted molar refractivity (Wildman–Crippen MR) is 37.5 cm³/mol. The monoisotopic (exact) mass is 135 g/mol. The second kappa shape index (κ2) is 2.96. The van der Waals surface area contributed by atoms with Crippen LogP contribution in [0, 0.1) is 6.07 Å². The Balaban J connectivity index is 2.84. The topological polar surface area (TPSA) is 33.2 Å². The van der Waals surface area contributed by atoms with E-state index in [1.54, 1.807) is 19.2 Å². The number of anilines is 1. The smallest absolute Gasteiger partial charge is 0.215 e. The van der Waals surface area contributed by atoms with Gasteiger partial charge in [0.25, 0.3) is 0 Å². The number of hydrogen-bond donors (Lipinski definition) is 0. The second-order valence-electron chi connectivity index (χ2n) is 1.83. The molecular formula is C7H7N2O. The van der Waals surface area contributed by atoms with Crippen LogP contribution in [0.3, 0.4) is 0 Å². The molecule has 1 aromatic rings. The highest BCUT2D eigenvalue weighted by atomic mass is 16.1. The molecule has 0 atom stereocenters. The van der Waals surface area contributed by atoms with Crippen LogP contribution in [-0.4, -0.2) is 18.4 Å². The number of rotatable bonds is 2. The first-order valence-electron chi connectivity index (χ1n) is 2.85. The summed E-state index contributed by atoms with van der Waals surface area (Å²) >= 11 is 0.